The molecular weight excluding hydrogens is 176 g/mol. The molecule has 2 aliphatic rings. The Bertz CT molecular complexity index is 166. The van der Waals surface area contributed by atoms with E-state index in [1.165, 1.54) is 38.5 Å². The molecule has 2 heteroatoms. The van der Waals surface area contributed by atoms with Crippen LogP contribution in [-0.2, 0) is 4.74 Å². The summed E-state index contributed by atoms with van der Waals surface area (Å²) in [4.78, 5) is 0. The van der Waals surface area contributed by atoms with Gasteiger partial charge in [-0.05, 0) is 38.0 Å². The van der Waals surface area contributed by atoms with Gasteiger partial charge in [0.05, 0.1) is 5.60 Å². The number of rotatable bonds is 2. The van der Waals surface area contributed by atoms with Crippen LogP contribution in [0.5, 0.6) is 0 Å². The first-order chi connectivity index (χ1) is 6.85. The predicted octanol–water partition coefficient (Wildman–Crippen LogP) is 2.50. The number of ether oxygens (including phenoxy) is 1. The van der Waals surface area contributed by atoms with Crippen LogP contribution < -0.4 is 0 Å². The quantitative estimate of drug-likeness (QED) is 0.738. The molecule has 0 aromatic rings. The third-order valence-corrected chi connectivity index (χ3v) is 3.90. The fourth-order valence-corrected chi connectivity index (χ4v) is 3.10. The van der Waals surface area contributed by atoms with E-state index in [0.717, 1.165) is 19.4 Å². The molecule has 1 aliphatic heterocycles. The molecule has 1 saturated heterocycles. The zero-order valence-electron chi connectivity index (χ0n) is 9.00. The van der Waals surface area contributed by atoms with Crippen molar-refractivity contribution in [2.45, 2.75) is 57.0 Å². The molecule has 2 rings (SSSR count). The molecule has 1 unspecified atom stereocenters. The lowest BCUT2D eigenvalue weighted by Crippen LogP contribution is -2.41. The highest BCUT2D eigenvalue weighted by molar-refractivity contribution is 4.89. The van der Waals surface area contributed by atoms with Crippen LogP contribution in [0.2, 0.25) is 0 Å². The normalized spacial score (nSPS) is 31.9. The van der Waals surface area contributed by atoms with Gasteiger partial charge in [-0.1, -0.05) is 19.3 Å². The molecule has 82 valence electrons. The molecule has 1 atom stereocenters. The van der Waals surface area contributed by atoms with Crippen LogP contribution in [0.4, 0.5) is 0 Å². The van der Waals surface area contributed by atoms with Crippen LogP contribution in [0.1, 0.15) is 51.4 Å². The van der Waals surface area contributed by atoms with Crippen molar-refractivity contribution in [3.05, 3.63) is 0 Å². The van der Waals surface area contributed by atoms with Crippen molar-refractivity contribution in [1.29, 1.82) is 0 Å². The number of aliphatic hydroxyl groups is 1. The van der Waals surface area contributed by atoms with E-state index in [2.05, 4.69) is 0 Å². The van der Waals surface area contributed by atoms with E-state index in [1.807, 2.05) is 0 Å². The minimum absolute atomic E-state index is 0.219. The molecule has 2 fully saturated rings. The Kier molecular flexibility index (Phi) is 3.45. The predicted molar refractivity (Wildman–Crippen MR) is 56.2 cm³/mol. The molecule has 0 aromatic carbocycles. The molecule has 1 aliphatic carbocycles. The first-order valence-corrected chi connectivity index (χ1v) is 6.09. The van der Waals surface area contributed by atoms with Crippen LogP contribution in [-0.4, -0.2) is 23.9 Å². The van der Waals surface area contributed by atoms with E-state index in [-0.39, 0.29) is 5.60 Å². The van der Waals surface area contributed by atoms with Gasteiger partial charge in [-0.25, -0.2) is 0 Å². The standard InChI is InChI=1S/C12H22O2/c13-8-4-11-5-9-14-12(10-11)6-2-1-3-7-12/h11,13H,1-10H2. The molecule has 1 heterocycles. The summed E-state index contributed by atoms with van der Waals surface area (Å²) in [5.41, 5.74) is 0.219. The summed E-state index contributed by atoms with van der Waals surface area (Å²) < 4.78 is 6.00. The van der Waals surface area contributed by atoms with E-state index < -0.39 is 0 Å². The van der Waals surface area contributed by atoms with Gasteiger partial charge in [0, 0.05) is 13.2 Å². The topological polar surface area (TPSA) is 29.5 Å². The Labute approximate surface area is 86.6 Å². The first-order valence-electron chi connectivity index (χ1n) is 6.09. The summed E-state index contributed by atoms with van der Waals surface area (Å²) in [5, 5.41) is 8.96. The van der Waals surface area contributed by atoms with Crippen LogP contribution in [0.25, 0.3) is 0 Å². The Morgan fingerprint density at radius 2 is 2.00 bits per heavy atom. The maximum absolute atomic E-state index is 8.96. The van der Waals surface area contributed by atoms with Gasteiger partial charge in [0.25, 0.3) is 0 Å². The number of aliphatic hydroxyl groups excluding tert-OH is 1. The second kappa shape index (κ2) is 4.63. The largest absolute Gasteiger partial charge is 0.396 e. The highest BCUT2D eigenvalue weighted by atomic mass is 16.5. The van der Waals surface area contributed by atoms with Crippen LogP contribution in [0, 0.1) is 5.92 Å². The Morgan fingerprint density at radius 3 is 2.71 bits per heavy atom. The van der Waals surface area contributed by atoms with Gasteiger partial charge in [0.1, 0.15) is 0 Å². The van der Waals surface area contributed by atoms with Gasteiger partial charge < -0.3 is 9.84 Å². The van der Waals surface area contributed by atoms with E-state index in [1.54, 1.807) is 0 Å². The van der Waals surface area contributed by atoms with Crippen molar-refractivity contribution >= 4 is 0 Å². The fraction of sp³-hybridized carbons (Fsp3) is 1.00. The summed E-state index contributed by atoms with van der Waals surface area (Å²) in [7, 11) is 0. The van der Waals surface area contributed by atoms with Gasteiger partial charge in [0.15, 0.2) is 0 Å². The van der Waals surface area contributed by atoms with Gasteiger partial charge in [0.2, 0.25) is 0 Å². The molecule has 1 N–H and O–H groups in total. The molecule has 1 saturated carbocycles. The van der Waals surface area contributed by atoms with Crippen LogP contribution in [0.15, 0.2) is 0 Å². The molecule has 0 aromatic heterocycles. The number of hydrogen-bond acceptors (Lipinski definition) is 2. The fourth-order valence-electron chi connectivity index (χ4n) is 3.10. The van der Waals surface area contributed by atoms with E-state index in [0.29, 0.717) is 12.5 Å². The van der Waals surface area contributed by atoms with Crippen LogP contribution >= 0.6 is 0 Å². The van der Waals surface area contributed by atoms with E-state index >= 15 is 0 Å². The lowest BCUT2D eigenvalue weighted by atomic mass is 9.75. The van der Waals surface area contributed by atoms with Crippen molar-refractivity contribution in [3.8, 4) is 0 Å². The molecule has 14 heavy (non-hydrogen) atoms. The maximum Gasteiger partial charge on any atom is 0.0685 e. The molecule has 0 amide bonds. The number of hydrogen-bond donors (Lipinski definition) is 1. The zero-order chi connectivity index (χ0) is 9.86. The molecule has 1 spiro atoms. The SMILES string of the molecule is OCCC1CCOC2(CCCCC2)C1. The summed E-state index contributed by atoms with van der Waals surface area (Å²) in [6, 6.07) is 0. The van der Waals surface area contributed by atoms with Gasteiger partial charge >= 0.3 is 0 Å². The summed E-state index contributed by atoms with van der Waals surface area (Å²) in [6.07, 6.45) is 9.91. The lowest BCUT2D eigenvalue weighted by Gasteiger charge is -2.43. The van der Waals surface area contributed by atoms with Crippen molar-refractivity contribution in [2.24, 2.45) is 5.92 Å². The van der Waals surface area contributed by atoms with Crippen molar-refractivity contribution in [3.63, 3.8) is 0 Å². The summed E-state index contributed by atoms with van der Waals surface area (Å²) in [5.74, 6) is 0.715. The van der Waals surface area contributed by atoms with Crippen molar-refractivity contribution in [1.82, 2.24) is 0 Å². The highest BCUT2D eigenvalue weighted by Gasteiger charge is 2.37. The first kappa shape index (κ1) is 10.4. The minimum atomic E-state index is 0.219. The Balaban J connectivity index is 1.91. The lowest BCUT2D eigenvalue weighted by molar-refractivity contribution is -0.119. The average molecular weight is 198 g/mol. The second-order valence-electron chi connectivity index (χ2n) is 4.96. The Hall–Kier alpha value is -0.0800. The zero-order valence-corrected chi connectivity index (χ0v) is 9.00. The minimum Gasteiger partial charge on any atom is -0.396 e. The molecule has 0 radical (unpaired) electrons. The van der Waals surface area contributed by atoms with Crippen LogP contribution in [0.3, 0.4) is 0 Å². The summed E-state index contributed by atoms with van der Waals surface area (Å²) in [6.45, 7) is 1.27. The highest BCUT2D eigenvalue weighted by Crippen LogP contribution is 2.41. The van der Waals surface area contributed by atoms with Gasteiger partial charge in [-0.15, -0.1) is 0 Å². The second-order valence-corrected chi connectivity index (χ2v) is 4.96. The van der Waals surface area contributed by atoms with Crippen molar-refractivity contribution in [2.75, 3.05) is 13.2 Å². The third-order valence-electron chi connectivity index (χ3n) is 3.90. The van der Waals surface area contributed by atoms with Gasteiger partial charge in [-0.2, -0.15) is 0 Å². The van der Waals surface area contributed by atoms with Gasteiger partial charge in [-0.3, -0.25) is 0 Å². The average Bonchev–Trinajstić information content (AvgIpc) is 2.19. The summed E-state index contributed by atoms with van der Waals surface area (Å²) >= 11 is 0. The smallest absolute Gasteiger partial charge is 0.0685 e. The third kappa shape index (κ3) is 2.29. The van der Waals surface area contributed by atoms with E-state index in [9.17, 15) is 0 Å². The van der Waals surface area contributed by atoms with Crippen molar-refractivity contribution < 1.29 is 9.84 Å². The molecule has 0 bridgehead atoms. The maximum atomic E-state index is 8.96. The molecular formula is C12H22O2. The van der Waals surface area contributed by atoms with E-state index in [4.69, 9.17) is 9.84 Å². The Morgan fingerprint density at radius 1 is 1.21 bits per heavy atom. The monoisotopic (exact) mass is 198 g/mol. The molecule has 2 nitrogen and oxygen atoms in total.